The van der Waals surface area contributed by atoms with Crippen LogP contribution in [0.15, 0.2) is 29.2 Å². The Bertz CT molecular complexity index is 481. The number of benzene rings is 1. The van der Waals surface area contributed by atoms with Gasteiger partial charge in [0.05, 0.1) is 17.0 Å². The van der Waals surface area contributed by atoms with Gasteiger partial charge in [-0.2, -0.15) is 0 Å². The molecule has 5 heteroatoms. The van der Waals surface area contributed by atoms with Crippen LogP contribution in [0.3, 0.4) is 0 Å². The van der Waals surface area contributed by atoms with Gasteiger partial charge in [-0.3, -0.25) is 0 Å². The third kappa shape index (κ3) is 2.98. The fourth-order valence-electron chi connectivity index (χ4n) is 1.93. The van der Waals surface area contributed by atoms with E-state index in [-0.39, 0.29) is 6.10 Å². The Balaban J connectivity index is 2.08. The number of hydrogen-bond acceptors (Lipinski definition) is 4. The van der Waals surface area contributed by atoms with E-state index in [9.17, 15) is 8.42 Å². The van der Waals surface area contributed by atoms with Gasteiger partial charge in [-0.15, -0.1) is 0 Å². The number of ether oxygens (including phenoxy) is 1. The zero-order valence-corrected chi connectivity index (χ0v) is 10.8. The molecule has 2 unspecified atom stereocenters. The van der Waals surface area contributed by atoms with Crippen LogP contribution in [0, 0.1) is 0 Å². The molecule has 0 saturated carbocycles. The Kier molecular flexibility index (Phi) is 3.40. The predicted octanol–water partition coefficient (Wildman–Crippen LogP) is 1.68. The van der Waals surface area contributed by atoms with Crippen LogP contribution in [0.5, 0.6) is 0 Å². The van der Waals surface area contributed by atoms with Crippen LogP contribution >= 0.6 is 0 Å². The molecule has 1 aliphatic rings. The summed E-state index contributed by atoms with van der Waals surface area (Å²) in [6, 6.07) is 7.14. The maximum atomic E-state index is 11.3. The smallest absolute Gasteiger partial charge is 0.175 e. The number of anilines is 1. The van der Waals surface area contributed by atoms with Gasteiger partial charge in [-0.05, 0) is 37.6 Å². The summed E-state index contributed by atoms with van der Waals surface area (Å²) in [5, 5.41) is 3.35. The molecule has 2 rings (SSSR count). The predicted molar refractivity (Wildman–Crippen MR) is 67.0 cm³/mol. The molecule has 0 bridgehead atoms. The van der Waals surface area contributed by atoms with Crippen molar-refractivity contribution < 1.29 is 13.2 Å². The van der Waals surface area contributed by atoms with Crippen LogP contribution < -0.4 is 5.32 Å². The summed E-state index contributed by atoms with van der Waals surface area (Å²) < 4.78 is 28.1. The molecule has 1 aromatic carbocycles. The zero-order chi connectivity index (χ0) is 12.5. The van der Waals surface area contributed by atoms with Gasteiger partial charge < -0.3 is 10.1 Å². The van der Waals surface area contributed by atoms with Gasteiger partial charge >= 0.3 is 0 Å². The molecule has 0 spiro atoms. The summed E-state index contributed by atoms with van der Waals surface area (Å²) in [7, 11) is -3.11. The van der Waals surface area contributed by atoms with Gasteiger partial charge in [0, 0.05) is 18.6 Å². The third-order valence-corrected chi connectivity index (χ3v) is 4.14. The fraction of sp³-hybridized carbons (Fsp3) is 0.500. The van der Waals surface area contributed by atoms with Crippen LogP contribution in [0.4, 0.5) is 5.69 Å². The number of hydrogen-bond donors (Lipinski definition) is 1. The van der Waals surface area contributed by atoms with E-state index in [0.717, 1.165) is 18.7 Å². The monoisotopic (exact) mass is 255 g/mol. The van der Waals surface area contributed by atoms with Crippen LogP contribution in [-0.2, 0) is 14.6 Å². The molecule has 0 aromatic heterocycles. The Morgan fingerprint density at radius 1 is 1.29 bits per heavy atom. The van der Waals surface area contributed by atoms with Crippen molar-refractivity contribution in [1.82, 2.24) is 0 Å². The Morgan fingerprint density at radius 3 is 2.41 bits per heavy atom. The average molecular weight is 255 g/mol. The maximum Gasteiger partial charge on any atom is 0.175 e. The van der Waals surface area contributed by atoms with Gasteiger partial charge in [-0.1, -0.05) is 0 Å². The first-order chi connectivity index (χ1) is 7.97. The number of rotatable bonds is 3. The quantitative estimate of drug-likeness (QED) is 0.893. The second kappa shape index (κ2) is 4.66. The van der Waals surface area contributed by atoms with Gasteiger partial charge in [0.2, 0.25) is 0 Å². The molecular weight excluding hydrogens is 238 g/mol. The molecular formula is C12H17NO3S. The van der Waals surface area contributed by atoms with E-state index in [1.807, 2.05) is 6.92 Å². The molecule has 0 amide bonds. The van der Waals surface area contributed by atoms with Crippen LogP contribution in [-0.4, -0.2) is 33.4 Å². The van der Waals surface area contributed by atoms with E-state index in [1.165, 1.54) is 6.26 Å². The lowest BCUT2D eigenvalue weighted by atomic mass is 10.1. The second-order valence-corrected chi connectivity index (χ2v) is 6.43. The van der Waals surface area contributed by atoms with Crippen LogP contribution in [0.2, 0.25) is 0 Å². The average Bonchev–Trinajstić information content (AvgIpc) is 2.64. The highest BCUT2D eigenvalue weighted by Crippen LogP contribution is 2.20. The van der Waals surface area contributed by atoms with E-state index in [4.69, 9.17) is 4.74 Å². The van der Waals surface area contributed by atoms with Crippen molar-refractivity contribution >= 4 is 15.5 Å². The SMILES string of the molecule is CC1OCCC1Nc1ccc(S(C)(=O)=O)cc1. The highest BCUT2D eigenvalue weighted by molar-refractivity contribution is 7.90. The molecule has 1 fully saturated rings. The first kappa shape index (κ1) is 12.4. The highest BCUT2D eigenvalue weighted by atomic mass is 32.2. The van der Waals surface area contributed by atoms with Crippen molar-refractivity contribution in [3.63, 3.8) is 0 Å². The summed E-state index contributed by atoms with van der Waals surface area (Å²) in [5.74, 6) is 0. The standard InChI is InChI=1S/C12H17NO3S/c1-9-12(7-8-16-9)13-10-3-5-11(6-4-10)17(2,14)15/h3-6,9,12-13H,7-8H2,1-2H3. The molecule has 94 valence electrons. The highest BCUT2D eigenvalue weighted by Gasteiger charge is 2.23. The largest absolute Gasteiger partial charge is 0.380 e. The summed E-state index contributed by atoms with van der Waals surface area (Å²) in [6.07, 6.45) is 2.39. The van der Waals surface area contributed by atoms with Crippen molar-refractivity contribution in [3.05, 3.63) is 24.3 Å². The van der Waals surface area contributed by atoms with E-state index < -0.39 is 9.84 Å². The van der Waals surface area contributed by atoms with Gasteiger partial charge in [-0.25, -0.2) is 8.42 Å². The maximum absolute atomic E-state index is 11.3. The first-order valence-corrected chi connectivity index (χ1v) is 7.54. The second-order valence-electron chi connectivity index (χ2n) is 4.41. The molecule has 1 aliphatic heterocycles. The lowest BCUT2D eigenvalue weighted by molar-refractivity contribution is 0.121. The lowest BCUT2D eigenvalue weighted by Gasteiger charge is -2.17. The summed E-state index contributed by atoms with van der Waals surface area (Å²) >= 11 is 0. The van der Waals surface area contributed by atoms with E-state index in [1.54, 1.807) is 24.3 Å². The van der Waals surface area contributed by atoms with Crippen molar-refractivity contribution in [2.24, 2.45) is 0 Å². The summed E-state index contributed by atoms with van der Waals surface area (Å²) in [5.41, 5.74) is 0.930. The minimum atomic E-state index is -3.11. The number of sulfone groups is 1. The molecule has 2 atom stereocenters. The molecule has 1 aromatic rings. The van der Waals surface area contributed by atoms with Crippen molar-refractivity contribution in [3.8, 4) is 0 Å². The molecule has 1 heterocycles. The molecule has 0 aliphatic carbocycles. The van der Waals surface area contributed by atoms with E-state index in [2.05, 4.69) is 5.32 Å². The third-order valence-electron chi connectivity index (χ3n) is 3.01. The summed E-state index contributed by atoms with van der Waals surface area (Å²) in [4.78, 5) is 0.346. The molecule has 17 heavy (non-hydrogen) atoms. The topological polar surface area (TPSA) is 55.4 Å². The minimum absolute atomic E-state index is 0.199. The van der Waals surface area contributed by atoms with Crippen LogP contribution in [0.25, 0.3) is 0 Å². The van der Waals surface area contributed by atoms with E-state index in [0.29, 0.717) is 10.9 Å². The van der Waals surface area contributed by atoms with E-state index >= 15 is 0 Å². The Labute approximate surface area is 102 Å². The molecule has 4 nitrogen and oxygen atoms in total. The van der Waals surface area contributed by atoms with Gasteiger partial charge in [0.1, 0.15) is 0 Å². The van der Waals surface area contributed by atoms with Crippen molar-refractivity contribution in [2.75, 3.05) is 18.2 Å². The fourth-order valence-corrected chi connectivity index (χ4v) is 2.56. The Hall–Kier alpha value is -1.07. The minimum Gasteiger partial charge on any atom is -0.380 e. The number of nitrogens with one attached hydrogen (secondary N) is 1. The normalized spacial score (nSPS) is 24.8. The van der Waals surface area contributed by atoms with Crippen molar-refractivity contribution in [2.45, 2.75) is 30.4 Å². The Morgan fingerprint density at radius 2 is 1.94 bits per heavy atom. The lowest BCUT2D eigenvalue weighted by Crippen LogP contribution is -2.26. The van der Waals surface area contributed by atoms with Crippen molar-refractivity contribution in [1.29, 1.82) is 0 Å². The van der Waals surface area contributed by atoms with Gasteiger partial charge in [0.25, 0.3) is 0 Å². The molecule has 1 saturated heterocycles. The zero-order valence-electron chi connectivity index (χ0n) is 10.0. The van der Waals surface area contributed by atoms with Crippen LogP contribution in [0.1, 0.15) is 13.3 Å². The van der Waals surface area contributed by atoms with Gasteiger partial charge in [0.15, 0.2) is 9.84 Å². The first-order valence-electron chi connectivity index (χ1n) is 5.65. The summed E-state index contributed by atoms with van der Waals surface area (Å²) in [6.45, 7) is 2.82. The molecule has 0 radical (unpaired) electrons. The molecule has 1 N–H and O–H groups in total.